The zero-order valence-corrected chi connectivity index (χ0v) is 12.0. The molecule has 106 valence electrons. The molecule has 0 radical (unpaired) electrons. The average Bonchev–Trinajstić information content (AvgIpc) is 2.94. The van der Waals surface area contributed by atoms with E-state index in [1.807, 2.05) is 0 Å². The van der Waals surface area contributed by atoms with E-state index in [2.05, 4.69) is 43.4 Å². The van der Waals surface area contributed by atoms with E-state index >= 15 is 0 Å². The van der Waals surface area contributed by atoms with Gasteiger partial charge >= 0.3 is 0 Å². The van der Waals surface area contributed by atoms with Gasteiger partial charge in [0.05, 0.1) is 12.2 Å². The van der Waals surface area contributed by atoms with Gasteiger partial charge in [-0.2, -0.15) is 0 Å². The number of rotatable bonds is 7. The SMILES string of the molecule is CCC(C)Oc1ccc(CNCC2CCCO2)cc1. The molecule has 2 rings (SSSR count). The Kier molecular flexibility index (Phi) is 5.67. The fourth-order valence-electron chi connectivity index (χ4n) is 2.18. The fourth-order valence-corrected chi connectivity index (χ4v) is 2.18. The minimum Gasteiger partial charge on any atom is -0.491 e. The van der Waals surface area contributed by atoms with E-state index in [0.717, 1.165) is 31.9 Å². The molecule has 0 bridgehead atoms. The zero-order chi connectivity index (χ0) is 13.5. The lowest BCUT2D eigenvalue weighted by atomic mass is 10.2. The van der Waals surface area contributed by atoms with E-state index in [0.29, 0.717) is 6.10 Å². The van der Waals surface area contributed by atoms with Gasteiger partial charge in [-0.15, -0.1) is 0 Å². The van der Waals surface area contributed by atoms with E-state index in [9.17, 15) is 0 Å². The van der Waals surface area contributed by atoms with Crippen LogP contribution in [0.4, 0.5) is 0 Å². The third kappa shape index (κ3) is 4.84. The topological polar surface area (TPSA) is 30.5 Å². The second-order valence-corrected chi connectivity index (χ2v) is 5.25. The summed E-state index contributed by atoms with van der Waals surface area (Å²) in [6.45, 7) is 6.99. The van der Waals surface area contributed by atoms with Crippen molar-refractivity contribution in [3.05, 3.63) is 29.8 Å². The molecule has 2 unspecified atom stereocenters. The number of hydrogen-bond donors (Lipinski definition) is 1. The molecule has 1 N–H and O–H groups in total. The monoisotopic (exact) mass is 263 g/mol. The lowest BCUT2D eigenvalue weighted by Gasteiger charge is -2.13. The maximum Gasteiger partial charge on any atom is 0.119 e. The third-order valence-corrected chi connectivity index (χ3v) is 3.56. The van der Waals surface area contributed by atoms with Gasteiger partial charge in [-0.05, 0) is 43.9 Å². The number of ether oxygens (including phenoxy) is 2. The molecule has 0 aliphatic carbocycles. The molecular weight excluding hydrogens is 238 g/mol. The highest BCUT2D eigenvalue weighted by Crippen LogP contribution is 2.15. The van der Waals surface area contributed by atoms with Gasteiger partial charge in [0, 0.05) is 19.7 Å². The molecule has 1 saturated heterocycles. The van der Waals surface area contributed by atoms with Crippen LogP contribution in [0, 0.1) is 0 Å². The van der Waals surface area contributed by atoms with Crippen molar-refractivity contribution in [1.29, 1.82) is 0 Å². The number of benzene rings is 1. The molecule has 1 heterocycles. The predicted octanol–water partition coefficient (Wildman–Crippen LogP) is 3.13. The summed E-state index contributed by atoms with van der Waals surface area (Å²) in [5.74, 6) is 0.956. The van der Waals surface area contributed by atoms with Gasteiger partial charge in [0.15, 0.2) is 0 Å². The smallest absolute Gasteiger partial charge is 0.119 e. The van der Waals surface area contributed by atoms with Crippen molar-refractivity contribution in [2.24, 2.45) is 0 Å². The van der Waals surface area contributed by atoms with Crippen LogP contribution in [0.1, 0.15) is 38.7 Å². The fraction of sp³-hybridized carbons (Fsp3) is 0.625. The van der Waals surface area contributed by atoms with E-state index in [-0.39, 0.29) is 6.10 Å². The zero-order valence-electron chi connectivity index (χ0n) is 12.0. The van der Waals surface area contributed by atoms with Gasteiger partial charge in [0.25, 0.3) is 0 Å². The Hall–Kier alpha value is -1.06. The first kappa shape index (κ1) is 14.4. The lowest BCUT2D eigenvalue weighted by molar-refractivity contribution is 0.110. The molecule has 19 heavy (non-hydrogen) atoms. The molecule has 1 fully saturated rings. The van der Waals surface area contributed by atoms with E-state index in [1.165, 1.54) is 18.4 Å². The van der Waals surface area contributed by atoms with Crippen LogP contribution in [0.3, 0.4) is 0 Å². The summed E-state index contributed by atoms with van der Waals surface area (Å²) in [5, 5.41) is 3.45. The Labute approximate surface area is 116 Å². The first-order valence-electron chi connectivity index (χ1n) is 7.36. The van der Waals surface area contributed by atoms with Crippen molar-refractivity contribution < 1.29 is 9.47 Å². The molecule has 0 aromatic heterocycles. The Bertz CT molecular complexity index is 358. The van der Waals surface area contributed by atoms with Crippen molar-refractivity contribution >= 4 is 0 Å². The van der Waals surface area contributed by atoms with Gasteiger partial charge in [0.2, 0.25) is 0 Å². The van der Waals surface area contributed by atoms with Crippen LogP contribution in [0.25, 0.3) is 0 Å². The second-order valence-electron chi connectivity index (χ2n) is 5.25. The van der Waals surface area contributed by atoms with Crippen LogP contribution in [0.2, 0.25) is 0 Å². The summed E-state index contributed by atoms with van der Waals surface area (Å²) in [4.78, 5) is 0. The molecule has 3 nitrogen and oxygen atoms in total. The summed E-state index contributed by atoms with van der Waals surface area (Å²) in [6.07, 6.45) is 4.12. The Balaban J connectivity index is 1.71. The van der Waals surface area contributed by atoms with Crippen molar-refractivity contribution in [2.45, 2.75) is 51.9 Å². The van der Waals surface area contributed by atoms with Gasteiger partial charge in [-0.25, -0.2) is 0 Å². The maximum atomic E-state index is 5.76. The second kappa shape index (κ2) is 7.51. The van der Waals surface area contributed by atoms with Crippen molar-refractivity contribution in [2.75, 3.05) is 13.2 Å². The lowest BCUT2D eigenvalue weighted by Crippen LogP contribution is -2.25. The summed E-state index contributed by atoms with van der Waals surface area (Å²) in [6, 6.07) is 8.35. The van der Waals surface area contributed by atoms with Gasteiger partial charge in [-0.1, -0.05) is 19.1 Å². The van der Waals surface area contributed by atoms with Crippen LogP contribution in [0.15, 0.2) is 24.3 Å². The first-order valence-corrected chi connectivity index (χ1v) is 7.36. The predicted molar refractivity (Wildman–Crippen MR) is 77.5 cm³/mol. The highest BCUT2D eigenvalue weighted by Gasteiger charge is 2.14. The van der Waals surface area contributed by atoms with Crippen LogP contribution in [-0.2, 0) is 11.3 Å². The van der Waals surface area contributed by atoms with Crippen LogP contribution >= 0.6 is 0 Å². The standard InChI is InChI=1S/C16H25NO2/c1-3-13(2)19-15-8-6-14(7-9-15)11-17-12-16-5-4-10-18-16/h6-9,13,16-17H,3-5,10-12H2,1-2H3. The van der Waals surface area contributed by atoms with Crippen LogP contribution < -0.4 is 10.1 Å². The highest BCUT2D eigenvalue weighted by molar-refractivity contribution is 5.27. The molecule has 1 aliphatic rings. The molecule has 1 aliphatic heterocycles. The minimum atomic E-state index is 0.281. The Morgan fingerprint density at radius 3 is 2.79 bits per heavy atom. The summed E-state index contributed by atoms with van der Waals surface area (Å²) < 4.78 is 11.3. The normalized spacial score (nSPS) is 20.4. The van der Waals surface area contributed by atoms with Gasteiger partial charge in [-0.3, -0.25) is 0 Å². The number of hydrogen-bond acceptors (Lipinski definition) is 3. The Morgan fingerprint density at radius 1 is 1.37 bits per heavy atom. The largest absolute Gasteiger partial charge is 0.491 e. The summed E-state index contributed by atoms with van der Waals surface area (Å²) in [7, 11) is 0. The summed E-state index contributed by atoms with van der Waals surface area (Å²) >= 11 is 0. The molecule has 1 aromatic rings. The van der Waals surface area contributed by atoms with E-state index in [4.69, 9.17) is 9.47 Å². The van der Waals surface area contributed by atoms with Gasteiger partial charge in [0.1, 0.15) is 5.75 Å². The quantitative estimate of drug-likeness (QED) is 0.820. The van der Waals surface area contributed by atoms with E-state index in [1.54, 1.807) is 0 Å². The molecule has 1 aromatic carbocycles. The Morgan fingerprint density at radius 2 is 2.16 bits per heavy atom. The average molecular weight is 263 g/mol. The summed E-state index contributed by atoms with van der Waals surface area (Å²) in [5.41, 5.74) is 1.29. The van der Waals surface area contributed by atoms with Gasteiger partial charge < -0.3 is 14.8 Å². The minimum absolute atomic E-state index is 0.281. The molecule has 0 amide bonds. The molecule has 2 atom stereocenters. The van der Waals surface area contributed by atoms with Crippen molar-refractivity contribution in [1.82, 2.24) is 5.32 Å². The number of nitrogens with one attached hydrogen (secondary N) is 1. The van der Waals surface area contributed by atoms with Crippen LogP contribution in [-0.4, -0.2) is 25.4 Å². The first-order chi connectivity index (χ1) is 9.28. The molecular formula is C16H25NO2. The van der Waals surface area contributed by atoms with Crippen molar-refractivity contribution in [3.8, 4) is 5.75 Å². The maximum absolute atomic E-state index is 5.76. The highest BCUT2D eigenvalue weighted by atomic mass is 16.5. The molecule has 0 saturated carbocycles. The van der Waals surface area contributed by atoms with Crippen molar-refractivity contribution in [3.63, 3.8) is 0 Å². The van der Waals surface area contributed by atoms with Crippen LogP contribution in [0.5, 0.6) is 5.75 Å². The third-order valence-electron chi connectivity index (χ3n) is 3.56. The van der Waals surface area contributed by atoms with E-state index < -0.39 is 0 Å². The molecule has 0 spiro atoms. The molecule has 3 heteroatoms.